The number of hydrogen-bond donors (Lipinski definition) is 1. The summed E-state index contributed by atoms with van der Waals surface area (Å²) in [4.78, 5) is 6.52. The second kappa shape index (κ2) is 10.9. The number of nitrogens with zero attached hydrogens (tertiary/aromatic N) is 2. The van der Waals surface area contributed by atoms with Crippen molar-refractivity contribution in [2.24, 2.45) is 10.9 Å². The van der Waals surface area contributed by atoms with Crippen molar-refractivity contribution in [2.75, 3.05) is 33.9 Å². The second-order valence-electron chi connectivity index (χ2n) is 6.13. The van der Waals surface area contributed by atoms with Crippen LogP contribution in [0, 0.1) is 12.8 Å². The SMILES string of the molecule is CN=C(NCCCOCC1CC1)N(C)Cc1ccccc1C.I. The Balaban J connectivity index is 0.00000264. The molecule has 1 aromatic carbocycles. The first kappa shape index (κ1) is 20.2. The number of ether oxygens (including phenoxy) is 1. The van der Waals surface area contributed by atoms with Crippen LogP contribution in [0.4, 0.5) is 0 Å². The van der Waals surface area contributed by atoms with Gasteiger partial charge in [0.1, 0.15) is 0 Å². The molecule has 0 saturated heterocycles. The van der Waals surface area contributed by atoms with E-state index in [1.165, 1.54) is 24.0 Å². The molecule has 0 aliphatic heterocycles. The molecule has 23 heavy (non-hydrogen) atoms. The van der Waals surface area contributed by atoms with E-state index >= 15 is 0 Å². The van der Waals surface area contributed by atoms with Gasteiger partial charge in [0.05, 0.1) is 0 Å². The molecule has 130 valence electrons. The van der Waals surface area contributed by atoms with Gasteiger partial charge in [-0.2, -0.15) is 0 Å². The number of hydrogen-bond acceptors (Lipinski definition) is 2. The minimum atomic E-state index is 0. The van der Waals surface area contributed by atoms with Crippen LogP contribution in [0.5, 0.6) is 0 Å². The molecule has 0 amide bonds. The highest BCUT2D eigenvalue weighted by atomic mass is 127. The summed E-state index contributed by atoms with van der Waals surface area (Å²) in [6.07, 6.45) is 3.73. The Morgan fingerprint density at radius 3 is 2.74 bits per heavy atom. The maximum absolute atomic E-state index is 5.65. The molecule has 2 rings (SSSR count). The molecule has 1 aliphatic carbocycles. The minimum Gasteiger partial charge on any atom is -0.381 e. The molecule has 1 fully saturated rings. The molecule has 0 heterocycles. The largest absolute Gasteiger partial charge is 0.381 e. The minimum absolute atomic E-state index is 0. The number of nitrogens with one attached hydrogen (secondary N) is 1. The quantitative estimate of drug-likeness (QED) is 0.297. The third-order valence-electron chi connectivity index (χ3n) is 4.04. The van der Waals surface area contributed by atoms with E-state index in [4.69, 9.17) is 4.74 Å². The van der Waals surface area contributed by atoms with E-state index in [-0.39, 0.29) is 24.0 Å². The lowest BCUT2D eigenvalue weighted by Crippen LogP contribution is -2.39. The van der Waals surface area contributed by atoms with Crippen LogP contribution in [-0.2, 0) is 11.3 Å². The molecule has 0 radical (unpaired) electrons. The second-order valence-corrected chi connectivity index (χ2v) is 6.13. The molecular formula is C18H30IN3O. The molecule has 1 aliphatic rings. The van der Waals surface area contributed by atoms with Gasteiger partial charge in [-0.05, 0) is 43.2 Å². The van der Waals surface area contributed by atoms with E-state index in [0.29, 0.717) is 0 Å². The van der Waals surface area contributed by atoms with Crippen molar-refractivity contribution in [3.8, 4) is 0 Å². The van der Waals surface area contributed by atoms with Crippen LogP contribution in [0.2, 0.25) is 0 Å². The average Bonchev–Trinajstić information content (AvgIpc) is 3.33. The van der Waals surface area contributed by atoms with Crippen LogP contribution in [0.3, 0.4) is 0 Å². The molecular weight excluding hydrogens is 401 g/mol. The number of aryl methyl sites for hydroxylation is 1. The highest BCUT2D eigenvalue weighted by molar-refractivity contribution is 14.0. The van der Waals surface area contributed by atoms with Crippen LogP contribution in [0.25, 0.3) is 0 Å². The zero-order valence-corrected chi connectivity index (χ0v) is 16.9. The Morgan fingerprint density at radius 2 is 2.09 bits per heavy atom. The lowest BCUT2D eigenvalue weighted by atomic mass is 10.1. The standard InChI is InChI=1S/C18H29N3O.HI/c1-15-7-4-5-8-17(15)13-21(3)18(19-2)20-11-6-12-22-14-16-9-10-16;/h4-5,7-8,16H,6,9-14H2,1-3H3,(H,19,20);1H. The van der Waals surface area contributed by atoms with Gasteiger partial charge >= 0.3 is 0 Å². The number of aliphatic imine (C=N–C) groups is 1. The molecule has 4 nitrogen and oxygen atoms in total. The van der Waals surface area contributed by atoms with Gasteiger partial charge in [0, 0.05) is 40.4 Å². The Kier molecular flexibility index (Phi) is 9.55. The lowest BCUT2D eigenvalue weighted by Gasteiger charge is -2.23. The zero-order chi connectivity index (χ0) is 15.8. The van der Waals surface area contributed by atoms with E-state index < -0.39 is 0 Å². The summed E-state index contributed by atoms with van der Waals surface area (Å²) in [7, 11) is 3.91. The summed E-state index contributed by atoms with van der Waals surface area (Å²) in [5, 5.41) is 3.41. The van der Waals surface area contributed by atoms with Crippen LogP contribution >= 0.6 is 24.0 Å². The zero-order valence-electron chi connectivity index (χ0n) is 14.5. The van der Waals surface area contributed by atoms with Crippen LogP contribution in [0.1, 0.15) is 30.4 Å². The molecule has 1 saturated carbocycles. The first-order chi connectivity index (χ1) is 10.7. The van der Waals surface area contributed by atoms with Crippen molar-refractivity contribution < 1.29 is 4.74 Å². The Hall–Kier alpha value is -0.820. The highest BCUT2D eigenvalue weighted by Gasteiger charge is 2.20. The normalized spacial score (nSPS) is 14.3. The van der Waals surface area contributed by atoms with Gasteiger partial charge in [-0.3, -0.25) is 4.99 Å². The monoisotopic (exact) mass is 431 g/mol. The molecule has 0 atom stereocenters. The van der Waals surface area contributed by atoms with Crippen molar-refractivity contribution in [2.45, 2.75) is 32.7 Å². The molecule has 1 N–H and O–H groups in total. The average molecular weight is 431 g/mol. The number of benzene rings is 1. The molecule has 0 bridgehead atoms. The highest BCUT2D eigenvalue weighted by Crippen LogP contribution is 2.28. The smallest absolute Gasteiger partial charge is 0.193 e. The predicted octanol–water partition coefficient (Wildman–Crippen LogP) is 3.44. The lowest BCUT2D eigenvalue weighted by molar-refractivity contribution is 0.122. The molecule has 0 aromatic heterocycles. The molecule has 0 spiro atoms. The van der Waals surface area contributed by atoms with Gasteiger partial charge < -0.3 is 15.0 Å². The maximum Gasteiger partial charge on any atom is 0.193 e. The van der Waals surface area contributed by atoms with Crippen molar-refractivity contribution in [3.63, 3.8) is 0 Å². The topological polar surface area (TPSA) is 36.9 Å². The van der Waals surface area contributed by atoms with Gasteiger partial charge in [-0.15, -0.1) is 24.0 Å². The molecule has 0 unspecified atom stereocenters. The maximum atomic E-state index is 5.65. The summed E-state index contributed by atoms with van der Waals surface area (Å²) in [5.74, 6) is 1.78. The van der Waals surface area contributed by atoms with Crippen molar-refractivity contribution in [1.82, 2.24) is 10.2 Å². The van der Waals surface area contributed by atoms with Gasteiger partial charge in [-0.1, -0.05) is 24.3 Å². The van der Waals surface area contributed by atoms with E-state index in [1.54, 1.807) is 0 Å². The predicted molar refractivity (Wildman–Crippen MR) is 108 cm³/mol. The number of rotatable bonds is 8. The van der Waals surface area contributed by atoms with Gasteiger partial charge in [-0.25, -0.2) is 0 Å². The Bertz CT molecular complexity index is 489. The Morgan fingerprint density at radius 1 is 1.35 bits per heavy atom. The van der Waals surface area contributed by atoms with Crippen LogP contribution < -0.4 is 5.32 Å². The fourth-order valence-corrected chi connectivity index (χ4v) is 2.41. The van der Waals surface area contributed by atoms with E-state index in [1.807, 2.05) is 7.05 Å². The van der Waals surface area contributed by atoms with Crippen molar-refractivity contribution in [1.29, 1.82) is 0 Å². The Labute approximate surface area is 157 Å². The molecule has 1 aromatic rings. The van der Waals surface area contributed by atoms with Crippen molar-refractivity contribution >= 4 is 29.9 Å². The summed E-state index contributed by atoms with van der Waals surface area (Å²) in [5.41, 5.74) is 2.65. The summed E-state index contributed by atoms with van der Waals surface area (Å²) >= 11 is 0. The third-order valence-corrected chi connectivity index (χ3v) is 4.04. The van der Waals surface area contributed by atoms with Crippen LogP contribution in [-0.4, -0.2) is 44.7 Å². The number of halogens is 1. The fraction of sp³-hybridized carbons (Fsp3) is 0.611. The van der Waals surface area contributed by atoms with Gasteiger partial charge in [0.25, 0.3) is 0 Å². The third kappa shape index (κ3) is 7.52. The summed E-state index contributed by atoms with van der Waals surface area (Å²) in [6.45, 7) is 5.69. The summed E-state index contributed by atoms with van der Waals surface area (Å²) in [6, 6.07) is 8.48. The van der Waals surface area contributed by atoms with Gasteiger partial charge in [0.15, 0.2) is 5.96 Å². The number of guanidine groups is 1. The van der Waals surface area contributed by atoms with Crippen LogP contribution in [0.15, 0.2) is 29.3 Å². The van der Waals surface area contributed by atoms with E-state index in [0.717, 1.165) is 44.6 Å². The first-order valence-corrected chi connectivity index (χ1v) is 8.24. The van der Waals surface area contributed by atoms with E-state index in [2.05, 4.69) is 53.4 Å². The molecule has 5 heteroatoms. The first-order valence-electron chi connectivity index (χ1n) is 8.24. The van der Waals surface area contributed by atoms with Gasteiger partial charge in [0.2, 0.25) is 0 Å². The fourth-order valence-electron chi connectivity index (χ4n) is 2.41. The summed E-state index contributed by atoms with van der Waals surface area (Å²) < 4.78 is 5.65. The van der Waals surface area contributed by atoms with E-state index in [9.17, 15) is 0 Å². The van der Waals surface area contributed by atoms with Crippen molar-refractivity contribution in [3.05, 3.63) is 35.4 Å².